The van der Waals surface area contributed by atoms with E-state index in [0.717, 1.165) is 18.8 Å². The van der Waals surface area contributed by atoms with Crippen molar-refractivity contribution in [2.45, 2.75) is 32.6 Å². The Morgan fingerprint density at radius 1 is 1.20 bits per heavy atom. The average molecular weight is 269 g/mol. The lowest BCUT2D eigenvalue weighted by Gasteiger charge is -2.24. The van der Waals surface area contributed by atoms with Crippen LogP contribution >= 0.6 is 0 Å². The fraction of sp³-hybridized carbons (Fsp3) is 0.471. The van der Waals surface area contributed by atoms with Crippen LogP contribution in [0.15, 0.2) is 24.3 Å². The molecule has 1 aliphatic rings. The Kier molecular flexibility index (Phi) is 3.62. The molecule has 0 radical (unpaired) electrons. The van der Waals surface area contributed by atoms with Crippen molar-refractivity contribution in [2.75, 3.05) is 13.1 Å². The molecule has 0 atom stereocenters. The predicted molar refractivity (Wildman–Crippen MR) is 83.0 cm³/mol. The van der Waals surface area contributed by atoms with Gasteiger partial charge in [0, 0.05) is 24.2 Å². The van der Waals surface area contributed by atoms with Gasteiger partial charge < -0.3 is 5.32 Å². The summed E-state index contributed by atoms with van der Waals surface area (Å²) in [5.41, 5.74) is 6.52. The molecule has 1 aromatic carbocycles. The topological polar surface area (TPSA) is 29.9 Å². The third kappa shape index (κ3) is 2.38. The highest BCUT2D eigenvalue weighted by Crippen LogP contribution is 2.36. The van der Waals surface area contributed by atoms with Crippen molar-refractivity contribution >= 4 is 0 Å². The van der Waals surface area contributed by atoms with Gasteiger partial charge in [0.25, 0.3) is 0 Å². The molecule has 2 aromatic rings. The molecule has 106 valence electrons. The summed E-state index contributed by atoms with van der Waals surface area (Å²) in [5, 5.41) is 8.14. The first-order chi connectivity index (χ1) is 9.66. The van der Waals surface area contributed by atoms with Crippen LogP contribution in [0.5, 0.6) is 0 Å². The van der Waals surface area contributed by atoms with Crippen LogP contribution in [0.2, 0.25) is 0 Å². The quantitative estimate of drug-likeness (QED) is 0.907. The lowest BCUT2D eigenvalue weighted by molar-refractivity contribution is 0.440. The number of aromatic nitrogens is 2. The zero-order chi connectivity index (χ0) is 14.1. The van der Waals surface area contributed by atoms with Gasteiger partial charge >= 0.3 is 0 Å². The van der Waals surface area contributed by atoms with Crippen molar-refractivity contribution in [3.63, 3.8) is 0 Å². The Balaban J connectivity index is 2.10. The van der Waals surface area contributed by atoms with Crippen molar-refractivity contribution in [3.05, 3.63) is 41.2 Å². The smallest absolute Gasteiger partial charge is 0.0675 e. The van der Waals surface area contributed by atoms with E-state index in [1.54, 1.807) is 0 Å². The van der Waals surface area contributed by atoms with Gasteiger partial charge in [-0.25, -0.2) is 0 Å². The molecule has 2 heterocycles. The fourth-order valence-corrected chi connectivity index (χ4v) is 3.40. The molecular weight excluding hydrogens is 246 g/mol. The van der Waals surface area contributed by atoms with Gasteiger partial charge in [-0.3, -0.25) is 4.68 Å². The van der Waals surface area contributed by atoms with Crippen LogP contribution in [-0.2, 0) is 7.05 Å². The summed E-state index contributed by atoms with van der Waals surface area (Å²) in [4.78, 5) is 0. The minimum Gasteiger partial charge on any atom is -0.317 e. The van der Waals surface area contributed by atoms with Gasteiger partial charge in [0.1, 0.15) is 0 Å². The van der Waals surface area contributed by atoms with Gasteiger partial charge in [0.05, 0.1) is 5.69 Å². The molecule has 1 N–H and O–H groups in total. The monoisotopic (exact) mass is 269 g/mol. The van der Waals surface area contributed by atoms with Crippen LogP contribution in [0.4, 0.5) is 0 Å². The second-order valence-corrected chi connectivity index (χ2v) is 5.86. The first-order valence-electron chi connectivity index (χ1n) is 7.48. The second-order valence-electron chi connectivity index (χ2n) is 5.86. The van der Waals surface area contributed by atoms with Crippen molar-refractivity contribution < 1.29 is 0 Å². The van der Waals surface area contributed by atoms with E-state index < -0.39 is 0 Å². The summed E-state index contributed by atoms with van der Waals surface area (Å²) in [6.07, 6.45) is 2.41. The number of rotatable bonds is 2. The Morgan fingerprint density at radius 2 is 1.95 bits per heavy atom. The maximum atomic E-state index is 4.69. The summed E-state index contributed by atoms with van der Waals surface area (Å²) in [6, 6.07) is 8.78. The first-order valence-corrected chi connectivity index (χ1v) is 7.48. The molecule has 0 saturated carbocycles. The molecule has 1 aliphatic heterocycles. The number of piperidine rings is 1. The highest BCUT2D eigenvalue weighted by atomic mass is 15.3. The zero-order valence-electron chi connectivity index (χ0n) is 12.6. The summed E-state index contributed by atoms with van der Waals surface area (Å²) in [7, 11) is 2.09. The third-order valence-corrected chi connectivity index (χ3v) is 4.30. The standard InChI is InChI=1S/C17H23N3/c1-12-5-4-6-15(11-12)16-13(2)19-20(3)17(16)14-7-9-18-10-8-14/h4-6,11,14,18H,7-10H2,1-3H3. The number of aryl methyl sites for hydroxylation is 3. The highest BCUT2D eigenvalue weighted by Gasteiger charge is 2.24. The van der Waals surface area contributed by atoms with E-state index in [9.17, 15) is 0 Å². The first kappa shape index (κ1) is 13.4. The van der Waals surface area contributed by atoms with Crippen LogP contribution < -0.4 is 5.32 Å². The lowest BCUT2D eigenvalue weighted by Crippen LogP contribution is -2.27. The van der Waals surface area contributed by atoms with Gasteiger partial charge in [0.2, 0.25) is 0 Å². The number of nitrogens with zero attached hydrogens (tertiary/aromatic N) is 2. The molecule has 0 unspecified atom stereocenters. The number of hydrogen-bond donors (Lipinski definition) is 1. The molecule has 0 aliphatic carbocycles. The Labute approximate surface area is 121 Å². The van der Waals surface area contributed by atoms with Crippen LogP contribution in [0.1, 0.15) is 35.7 Å². The van der Waals surface area contributed by atoms with E-state index in [1.165, 1.54) is 35.2 Å². The van der Waals surface area contributed by atoms with E-state index in [2.05, 4.69) is 60.3 Å². The van der Waals surface area contributed by atoms with Gasteiger partial charge in [-0.15, -0.1) is 0 Å². The summed E-state index contributed by atoms with van der Waals surface area (Å²) in [5.74, 6) is 0.623. The molecule has 20 heavy (non-hydrogen) atoms. The molecule has 3 heteroatoms. The average Bonchev–Trinajstić information content (AvgIpc) is 2.74. The van der Waals surface area contributed by atoms with E-state index in [0.29, 0.717) is 5.92 Å². The Bertz CT molecular complexity index is 607. The van der Waals surface area contributed by atoms with Gasteiger partial charge in [0.15, 0.2) is 0 Å². The minimum absolute atomic E-state index is 0.623. The van der Waals surface area contributed by atoms with Crippen molar-refractivity contribution in [1.82, 2.24) is 15.1 Å². The Hall–Kier alpha value is -1.61. The van der Waals surface area contributed by atoms with Crippen LogP contribution in [-0.4, -0.2) is 22.9 Å². The van der Waals surface area contributed by atoms with Gasteiger partial charge in [-0.05, 0) is 45.3 Å². The maximum Gasteiger partial charge on any atom is 0.0675 e. The molecule has 3 nitrogen and oxygen atoms in total. The molecule has 3 rings (SSSR count). The Morgan fingerprint density at radius 3 is 2.65 bits per heavy atom. The number of hydrogen-bond acceptors (Lipinski definition) is 2. The van der Waals surface area contributed by atoms with Crippen molar-refractivity contribution in [2.24, 2.45) is 7.05 Å². The van der Waals surface area contributed by atoms with Crippen LogP contribution in [0, 0.1) is 13.8 Å². The van der Waals surface area contributed by atoms with Crippen molar-refractivity contribution in [1.29, 1.82) is 0 Å². The van der Waals surface area contributed by atoms with Gasteiger partial charge in [-0.2, -0.15) is 5.10 Å². The van der Waals surface area contributed by atoms with E-state index in [4.69, 9.17) is 0 Å². The molecular formula is C17H23N3. The van der Waals surface area contributed by atoms with Crippen molar-refractivity contribution in [3.8, 4) is 11.1 Å². The predicted octanol–water partition coefficient (Wildman–Crippen LogP) is 3.17. The third-order valence-electron chi connectivity index (χ3n) is 4.30. The molecule has 0 amide bonds. The molecule has 1 saturated heterocycles. The lowest BCUT2D eigenvalue weighted by atomic mass is 9.88. The van der Waals surface area contributed by atoms with E-state index >= 15 is 0 Å². The number of nitrogens with one attached hydrogen (secondary N) is 1. The van der Waals surface area contributed by atoms with E-state index in [-0.39, 0.29) is 0 Å². The second kappa shape index (κ2) is 5.41. The molecule has 0 bridgehead atoms. The molecule has 1 fully saturated rings. The van der Waals surface area contributed by atoms with Gasteiger partial charge in [-0.1, -0.05) is 29.8 Å². The summed E-state index contributed by atoms with van der Waals surface area (Å²) < 4.78 is 2.10. The normalized spacial score (nSPS) is 16.6. The number of benzene rings is 1. The van der Waals surface area contributed by atoms with Crippen LogP contribution in [0.25, 0.3) is 11.1 Å². The zero-order valence-corrected chi connectivity index (χ0v) is 12.6. The molecule has 1 aromatic heterocycles. The highest BCUT2D eigenvalue weighted by molar-refractivity contribution is 5.70. The summed E-state index contributed by atoms with van der Waals surface area (Å²) in [6.45, 7) is 6.51. The minimum atomic E-state index is 0.623. The SMILES string of the molecule is Cc1cccc(-c2c(C)nn(C)c2C2CCNCC2)c1. The summed E-state index contributed by atoms with van der Waals surface area (Å²) >= 11 is 0. The fourth-order valence-electron chi connectivity index (χ4n) is 3.40. The largest absolute Gasteiger partial charge is 0.317 e. The maximum absolute atomic E-state index is 4.69. The van der Waals surface area contributed by atoms with E-state index in [1.807, 2.05) is 0 Å². The van der Waals surface area contributed by atoms with Crippen LogP contribution in [0.3, 0.4) is 0 Å². The molecule has 0 spiro atoms.